The molecule has 1 unspecified atom stereocenters. The lowest BCUT2D eigenvalue weighted by Gasteiger charge is -2.16. The molecule has 1 fully saturated rings. The minimum Gasteiger partial charge on any atom is -0.352 e. The molecule has 0 bridgehead atoms. The van der Waals surface area contributed by atoms with E-state index in [1.54, 1.807) is 11.0 Å². The second-order valence-electron chi connectivity index (χ2n) is 4.34. The van der Waals surface area contributed by atoms with Gasteiger partial charge in [-0.15, -0.1) is 6.58 Å². The maximum Gasteiger partial charge on any atom is 0.239 e. The van der Waals surface area contributed by atoms with Gasteiger partial charge in [0.05, 0.1) is 0 Å². The molecule has 1 atom stereocenters. The molecule has 5 heteroatoms. The van der Waals surface area contributed by atoms with Crippen LogP contribution in [0.4, 0.5) is 5.69 Å². The zero-order valence-corrected chi connectivity index (χ0v) is 12.0. The van der Waals surface area contributed by atoms with E-state index in [1.165, 1.54) is 0 Å². The van der Waals surface area contributed by atoms with Crippen LogP contribution in [0.15, 0.2) is 41.4 Å². The topological polar surface area (TPSA) is 49.4 Å². The molecule has 1 aliphatic rings. The number of halogens is 1. The second-order valence-corrected chi connectivity index (χ2v) is 5.26. The third-order valence-electron chi connectivity index (χ3n) is 3.08. The molecule has 100 valence electrons. The summed E-state index contributed by atoms with van der Waals surface area (Å²) >= 11 is 3.36. The first kappa shape index (κ1) is 13.8. The SMILES string of the molecule is C=CCNC(=O)C1CCN(c2ccc(Br)cc2)C1=O. The minimum absolute atomic E-state index is 0.135. The normalized spacial score (nSPS) is 18.5. The number of hydrogen-bond acceptors (Lipinski definition) is 2. The first-order chi connectivity index (χ1) is 9.13. The molecule has 4 nitrogen and oxygen atoms in total. The lowest BCUT2D eigenvalue weighted by Crippen LogP contribution is -2.36. The van der Waals surface area contributed by atoms with Crippen LogP contribution in [-0.2, 0) is 9.59 Å². The monoisotopic (exact) mass is 322 g/mol. The van der Waals surface area contributed by atoms with Crippen LogP contribution in [0.3, 0.4) is 0 Å². The molecule has 0 aromatic heterocycles. The standard InChI is InChI=1S/C14H15BrN2O2/c1-2-8-16-13(18)12-7-9-17(14(12)19)11-5-3-10(15)4-6-11/h2-6,12H,1,7-9H2,(H,16,18). The molecule has 1 aliphatic heterocycles. The zero-order valence-electron chi connectivity index (χ0n) is 10.4. The van der Waals surface area contributed by atoms with E-state index in [4.69, 9.17) is 0 Å². The van der Waals surface area contributed by atoms with Crippen molar-refractivity contribution in [3.63, 3.8) is 0 Å². The molecular weight excluding hydrogens is 308 g/mol. The molecule has 1 N–H and O–H groups in total. The molecule has 0 aliphatic carbocycles. The maximum absolute atomic E-state index is 12.2. The van der Waals surface area contributed by atoms with Crippen molar-refractivity contribution in [2.45, 2.75) is 6.42 Å². The van der Waals surface area contributed by atoms with E-state index in [1.807, 2.05) is 24.3 Å². The quantitative estimate of drug-likeness (QED) is 0.681. The van der Waals surface area contributed by atoms with Gasteiger partial charge in [0.15, 0.2) is 0 Å². The van der Waals surface area contributed by atoms with Crippen LogP contribution in [-0.4, -0.2) is 24.9 Å². The van der Waals surface area contributed by atoms with Crippen LogP contribution >= 0.6 is 15.9 Å². The van der Waals surface area contributed by atoms with Crippen LogP contribution < -0.4 is 10.2 Å². The number of nitrogens with zero attached hydrogens (tertiary/aromatic N) is 1. The number of carbonyl (C=O) groups excluding carboxylic acids is 2. The second kappa shape index (κ2) is 6.02. The Morgan fingerprint density at radius 1 is 1.47 bits per heavy atom. The predicted octanol–water partition coefficient (Wildman–Crippen LogP) is 2.10. The van der Waals surface area contributed by atoms with E-state index in [2.05, 4.69) is 27.8 Å². The largest absolute Gasteiger partial charge is 0.352 e. The van der Waals surface area contributed by atoms with Crippen molar-refractivity contribution in [1.29, 1.82) is 0 Å². The predicted molar refractivity (Wildman–Crippen MR) is 77.8 cm³/mol. The van der Waals surface area contributed by atoms with Gasteiger partial charge in [0.25, 0.3) is 0 Å². The Kier molecular flexibility index (Phi) is 4.37. The molecule has 0 spiro atoms. The number of hydrogen-bond donors (Lipinski definition) is 1. The summed E-state index contributed by atoms with van der Waals surface area (Å²) < 4.78 is 0.961. The van der Waals surface area contributed by atoms with E-state index >= 15 is 0 Å². The van der Waals surface area contributed by atoms with Crippen molar-refractivity contribution in [1.82, 2.24) is 5.32 Å². The Morgan fingerprint density at radius 3 is 2.79 bits per heavy atom. The summed E-state index contributed by atoms with van der Waals surface area (Å²) in [4.78, 5) is 25.7. The van der Waals surface area contributed by atoms with E-state index in [0.717, 1.165) is 10.2 Å². The molecule has 19 heavy (non-hydrogen) atoms. The fourth-order valence-corrected chi connectivity index (χ4v) is 2.36. The third kappa shape index (κ3) is 3.04. The Balaban J connectivity index is 2.07. The summed E-state index contributed by atoms with van der Waals surface area (Å²) in [6.07, 6.45) is 2.15. The highest BCUT2D eigenvalue weighted by Gasteiger charge is 2.37. The highest BCUT2D eigenvalue weighted by molar-refractivity contribution is 9.10. The molecule has 2 rings (SSSR count). The fraction of sp³-hybridized carbons (Fsp3) is 0.286. The van der Waals surface area contributed by atoms with Gasteiger partial charge in [-0.3, -0.25) is 9.59 Å². The highest BCUT2D eigenvalue weighted by Crippen LogP contribution is 2.26. The molecule has 2 amide bonds. The summed E-state index contributed by atoms with van der Waals surface area (Å²) in [6, 6.07) is 7.50. The molecule has 1 aromatic carbocycles. The number of nitrogens with one attached hydrogen (secondary N) is 1. The van der Waals surface area contributed by atoms with Gasteiger partial charge in [-0.25, -0.2) is 0 Å². The average Bonchev–Trinajstić information content (AvgIpc) is 2.79. The van der Waals surface area contributed by atoms with Crippen molar-refractivity contribution < 1.29 is 9.59 Å². The summed E-state index contributed by atoms with van der Waals surface area (Å²) in [5, 5.41) is 2.67. The van der Waals surface area contributed by atoms with Crippen molar-refractivity contribution in [3.8, 4) is 0 Å². The van der Waals surface area contributed by atoms with Crippen LogP contribution in [0.1, 0.15) is 6.42 Å². The van der Waals surface area contributed by atoms with Crippen molar-refractivity contribution in [3.05, 3.63) is 41.4 Å². The van der Waals surface area contributed by atoms with Crippen LogP contribution in [0, 0.1) is 5.92 Å². The number of carbonyl (C=O) groups is 2. The van der Waals surface area contributed by atoms with Crippen LogP contribution in [0.25, 0.3) is 0 Å². The van der Waals surface area contributed by atoms with E-state index in [0.29, 0.717) is 19.5 Å². The third-order valence-corrected chi connectivity index (χ3v) is 3.61. The molecular formula is C14H15BrN2O2. The molecule has 1 heterocycles. The zero-order chi connectivity index (χ0) is 13.8. The Bertz CT molecular complexity index is 499. The minimum atomic E-state index is -0.580. The fourth-order valence-electron chi connectivity index (χ4n) is 2.10. The number of amides is 2. The summed E-state index contributed by atoms with van der Waals surface area (Å²) in [6.45, 7) is 4.50. The number of anilines is 1. The number of benzene rings is 1. The van der Waals surface area contributed by atoms with Gasteiger partial charge in [-0.05, 0) is 30.7 Å². The van der Waals surface area contributed by atoms with Crippen LogP contribution in [0.5, 0.6) is 0 Å². The summed E-state index contributed by atoms with van der Waals surface area (Å²) in [5.74, 6) is -0.933. The Labute approximate surface area is 120 Å². The van der Waals surface area contributed by atoms with Gasteiger partial charge in [0, 0.05) is 23.2 Å². The number of rotatable bonds is 4. The average molecular weight is 323 g/mol. The molecule has 1 saturated heterocycles. The first-order valence-corrected chi connectivity index (χ1v) is 6.88. The van der Waals surface area contributed by atoms with Gasteiger partial charge >= 0.3 is 0 Å². The lowest BCUT2D eigenvalue weighted by atomic mass is 10.1. The van der Waals surface area contributed by atoms with E-state index < -0.39 is 5.92 Å². The first-order valence-electron chi connectivity index (χ1n) is 6.09. The lowest BCUT2D eigenvalue weighted by molar-refractivity contribution is -0.131. The Morgan fingerprint density at radius 2 is 2.16 bits per heavy atom. The maximum atomic E-state index is 12.2. The van der Waals surface area contributed by atoms with E-state index in [-0.39, 0.29) is 11.8 Å². The van der Waals surface area contributed by atoms with Gasteiger partial charge in [0.1, 0.15) is 5.92 Å². The summed E-state index contributed by atoms with van der Waals surface area (Å²) in [7, 11) is 0. The highest BCUT2D eigenvalue weighted by atomic mass is 79.9. The van der Waals surface area contributed by atoms with Gasteiger partial charge < -0.3 is 10.2 Å². The van der Waals surface area contributed by atoms with Gasteiger partial charge in [-0.2, -0.15) is 0 Å². The summed E-state index contributed by atoms with van der Waals surface area (Å²) in [5.41, 5.74) is 0.826. The van der Waals surface area contributed by atoms with Gasteiger partial charge in [-0.1, -0.05) is 22.0 Å². The molecule has 1 aromatic rings. The van der Waals surface area contributed by atoms with Gasteiger partial charge in [0.2, 0.25) is 11.8 Å². The molecule has 0 radical (unpaired) electrons. The van der Waals surface area contributed by atoms with E-state index in [9.17, 15) is 9.59 Å². The smallest absolute Gasteiger partial charge is 0.239 e. The van der Waals surface area contributed by atoms with Crippen molar-refractivity contribution in [2.75, 3.05) is 18.0 Å². The van der Waals surface area contributed by atoms with Crippen LogP contribution in [0.2, 0.25) is 0 Å². The van der Waals surface area contributed by atoms with Crippen molar-refractivity contribution in [2.24, 2.45) is 5.92 Å². The molecule has 0 saturated carbocycles. The Hall–Kier alpha value is -1.62. The van der Waals surface area contributed by atoms with Crippen molar-refractivity contribution >= 4 is 33.4 Å².